The second kappa shape index (κ2) is 6.75. The summed E-state index contributed by atoms with van der Waals surface area (Å²) in [6, 6.07) is 10.2. The first-order valence-corrected chi connectivity index (χ1v) is 6.77. The predicted molar refractivity (Wildman–Crippen MR) is 86.9 cm³/mol. The van der Waals surface area contributed by atoms with Gasteiger partial charge < -0.3 is 0 Å². The van der Waals surface area contributed by atoms with Gasteiger partial charge in [0.2, 0.25) is 0 Å². The van der Waals surface area contributed by atoms with Gasteiger partial charge in [0.1, 0.15) is 0 Å². The van der Waals surface area contributed by atoms with Gasteiger partial charge in [-0.05, 0) is 19.9 Å². The van der Waals surface area contributed by atoms with Crippen molar-refractivity contribution in [1.82, 2.24) is 0 Å². The van der Waals surface area contributed by atoms with Crippen molar-refractivity contribution in [3.8, 4) is 0 Å². The van der Waals surface area contributed by atoms with E-state index in [-0.39, 0.29) is 6.04 Å². The minimum atomic E-state index is 0.202. The van der Waals surface area contributed by atoms with Crippen molar-refractivity contribution in [3.05, 3.63) is 60.8 Å². The Bertz CT molecular complexity index is 592. The predicted octanol–water partition coefficient (Wildman–Crippen LogP) is 3.83. The molecule has 0 amide bonds. The van der Waals surface area contributed by atoms with E-state index in [2.05, 4.69) is 28.5 Å². The number of benzene rings is 1. The van der Waals surface area contributed by atoms with E-state index in [0.29, 0.717) is 0 Å². The van der Waals surface area contributed by atoms with Crippen LogP contribution in [-0.4, -0.2) is 23.3 Å². The van der Waals surface area contributed by atoms with Crippen molar-refractivity contribution in [3.63, 3.8) is 0 Å². The van der Waals surface area contributed by atoms with Gasteiger partial charge in [-0.15, -0.1) is 0 Å². The largest absolute Gasteiger partial charge is 0.263 e. The van der Waals surface area contributed by atoms with Crippen molar-refractivity contribution >= 4 is 17.3 Å². The monoisotopic (exact) mass is 265 g/mol. The van der Waals surface area contributed by atoms with Crippen LogP contribution in [0.5, 0.6) is 0 Å². The molecule has 1 atom stereocenters. The van der Waals surface area contributed by atoms with E-state index in [1.807, 2.05) is 43.3 Å². The zero-order valence-corrected chi connectivity index (χ0v) is 12.0. The third-order valence-electron chi connectivity index (χ3n) is 2.96. The van der Waals surface area contributed by atoms with Crippen LogP contribution < -0.4 is 0 Å². The summed E-state index contributed by atoms with van der Waals surface area (Å²) in [4.78, 5) is 13.7. The molecule has 1 aliphatic rings. The van der Waals surface area contributed by atoms with E-state index in [1.54, 1.807) is 12.3 Å². The highest BCUT2D eigenvalue weighted by Gasteiger charge is 2.18. The van der Waals surface area contributed by atoms with Crippen molar-refractivity contribution in [2.75, 3.05) is 0 Å². The van der Waals surface area contributed by atoms with Gasteiger partial charge in [-0.2, -0.15) is 0 Å². The van der Waals surface area contributed by atoms with Gasteiger partial charge in [0.05, 0.1) is 17.5 Å². The normalized spacial score (nSPS) is 19.7. The Morgan fingerprint density at radius 2 is 2.10 bits per heavy atom. The molecule has 1 unspecified atom stereocenters. The summed E-state index contributed by atoms with van der Waals surface area (Å²) in [6.07, 6.45) is 6.19. The number of amidine groups is 1. The molecular formula is C17H19N3. The number of allylic oxidation sites excluding steroid dienone is 2. The lowest BCUT2D eigenvalue weighted by molar-refractivity contribution is 0.773. The van der Waals surface area contributed by atoms with Crippen molar-refractivity contribution in [2.24, 2.45) is 15.0 Å². The lowest BCUT2D eigenvalue weighted by Gasteiger charge is -2.17. The summed E-state index contributed by atoms with van der Waals surface area (Å²) in [7, 11) is 0. The summed E-state index contributed by atoms with van der Waals surface area (Å²) in [5.41, 5.74) is 2.80. The van der Waals surface area contributed by atoms with Crippen molar-refractivity contribution in [1.29, 1.82) is 0 Å². The number of aliphatic imine (C=N–C) groups is 3. The highest BCUT2D eigenvalue weighted by Crippen LogP contribution is 2.14. The molecule has 3 nitrogen and oxygen atoms in total. The van der Waals surface area contributed by atoms with Crippen LogP contribution in [-0.2, 0) is 0 Å². The summed E-state index contributed by atoms with van der Waals surface area (Å²) < 4.78 is 0. The lowest BCUT2D eigenvalue weighted by atomic mass is 10.0. The van der Waals surface area contributed by atoms with Gasteiger partial charge in [0.15, 0.2) is 5.84 Å². The van der Waals surface area contributed by atoms with E-state index in [4.69, 9.17) is 0 Å². The zero-order valence-electron chi connectivity index (χ0n) is 12.0. The molecule has 1 heterocycles. The maximum Gasteiger partial charge on any atom is 0.155 e. The molecule has 0 spiro atoms. The standard InChI is InChI=1S/C17H19N3/c1-4-11-18-15(5-2)16-12-13(3)19-17(20-16)14-9-7-6-8-10-14/h4-11,13H,2,12H2,1,3H3/b11-4-,18-15+. The fourth-order valence-corrected chi connectivity index (χ4v) is 2.02. The van der Waals surface area contributed by atoms with Crippen LogP contribution in [0.25, 0.3) is 0 Å². The number of nitrogens with zero attached hydrogens (tertiary/aromatic N) is 3. The topological polar surface area (TPSA) is 37.1 Å². The van der Waals surface area contributed by atoms with Gasteiger partial charge in [-0.25, -0.2) is 4.99 Å². The molecule has 20 heavy (non-hydrogen) atoms. The molecule has 1 aliphatic heterocycles. The smallest absolute Gasteiger partial charge is 0.155 e. The Labute approximate surface area is 120 Å². The molecule has 0 saturated carbocycles. The maximum atomic E-state index is 4.66. The van der Waals surface area contributed by atoms with Gasteiger partial charge in [0, 0.05) is 18.2 Å². The minimum Gasteiger partial charge on any atom is -0.263 e. The molecule has 2 rings (SSSR count). The Kier molecular flexibility index (Phi) is 4.77. The first-order chi connectivity index (χ1) is 9.74. The molecule has 1 aromatic rings. The number of hydrogen-bond acceptors (Lipinski definition) is 3. The molecular weight excluding hydrogens is 246 g/mol. The number of hydrogen-bond donors (Lipinski definition) is 0. The third kappa shape index (κ3) is 3.38. The van der Waals surface area contributed by atoms with Crippen LogP contribution in [0.2, 0.25) is 0 Å². The SMILES string of the molecule is C=C/C(=N\C=C/C)C1=NC(c2ccccc2)=NC(C)C1. The minimum absolute atomic E-state index is 0.202. The van der Waals surface area contributed by atoms with Crippen molar-refractivity contribution < 1.29 is 0 Å². The Balaban J connectivity index is 2.38. The first kappa shape index (κ1) is 14.1. The average Bonchev–Trinajstić information content (AvgIpc) is 2.48. The van der Waals surface area contributed by atoms with E-state index in [9.17, 15) is 0 Å². The molecule has 0 bridgehead atoms. The molecule has 3 heteroatoms. The van der Waals surface area contributed by atoms with Crippen LogP contribution in [0.4, 0.5) is 0 Å². The molecule has 0 N–H and O–H groups in total. The Morgan fingerprint density at radius 3 is 2.75 bits per heavy atom. The molecule has 0 radical (unpaired) electrons. The van der Waals surface area contributed by atoms with Crippen LogP contribution in [0, 0.1) is 0 Å². The Morgan fingerprint density at radius 1 is 1.35 bits per heavy atom. The summed E-state index contributed by atoms with van der Waals surface area (Å²) in [5, 5.41) is 0. The summed E-state index contributed by atoms with van der Waals surface area (Å²) in [5.74, 6) is 0.773. The fourth-order valence-electron chi connectivity index (χ4n) is 2.02. The molecule has 102 valence electrons. The van der Waals surface area contributed by atoms with Crippen LogP contribution in [0.1, 0.15) is 25.8 Å². The molecule has 0 fully saturated rings. The molecule has 1 aromatic carbocycles. The van der Waals surface area contributed by atoms with Gasteiger partial charge in [-0.3, -0.25) is 9.98 Å². The maximum absolute atomic E-state index is 4.66. The van der Waals surface area contributed by atoms with E-state index in [0.717, 1.165) is 29.2 Å². The molecule has 0 aromatic heterocycles. The number of rotatable bonds is 4. The van der Waals surface area contributed by atoms with E-state index >= 15 is 0 Å². The zero-order chi connectivity index (χ0) is 14.4. The third-order valence-corrected chi connectivity index (χ3v) is 2.96. The van der Waals surface area contributed by atoms with Crippen molar-refractivity contribution in [2.45, 2.75) is 26.3 Å². The average molecular weight is 265 g/mol. The summed E-state index contributed by atoms with van der Waals surface area (Å²) in [6.45, 7) is 7.85. The first-order valence-electron chi connectivity index (χ1n) is 6.77. The van der Waals surface area contributed by atoms with Crippen LogP contribution in [0.3, 0.4) is 0 Å². The van der Waals surface area contributed by atoms with Gasteiger partial charge in [0.25, 0.3) is 0 Å². The van der Waals surface area contributed by atoms with Gasteiger partial charge in [-0.1, -0.05) is 43.0 Å². The second-order valence-electron chi connectivity index (χ2n) is 4.63. The highest BCUT2D eigenvalue weighted by molar-refractivity contribution is 6.48. The van der Waals surface area contributed by atoms with E-state index in [1.165, 1.54) is 0 Å². The molecule has 0 saturated heterocycles. The second-order valence-corrected chi connectivity index (χ2v) is 4.63. The summed E-state index contributed by atoms with van der Waals surface area (Å²) >= 11 is 0. The lowest BCUT2D eigenvalue weighted by Crippen LogP contribution is -2.24. The highest BCUT2D eigenvalue weighted by atomic mass is 15.0. The van der Waals surface area contributed by atoms with Crippen LogP contribution in [0.15, 0.2) is 70.2 Å². The van der Waals surface area contributed by atoms with E-state index < -0.39 is 0 Å². The van der Waals surface area contributed by atoms with Gasteiger partial charge >= 0.3 is 0 Å². The van der Waals surface area contributed by atoms with Crippen LogP contribution >= 0.6 is 0 Å². The Hall–Kier alpha value is -2.29. The quantitative estimate of drug-likeness (QED) is 0.742. The molecule has 0 aliphatic carbocycles. The fraction of sp³-hybridized carbons (Fsp3) is 0.235.